The average molecular weight is 181 g/mol. The number of rotatable bonds is 4. The summed E-state index contributed by atoms with van der Waals surface area (Å²) in [6.07, 6.45) is -0.656. The van der Waals surface area contributed by atoms with Gasteiger partial charge in [0.15, 0.2) is 0 Å². The SMILES string of the molecule is CCS(=O)(=O)NC(C)C(C)O. The molecule has 11 heavy (non-hydrogen) atoms. The summed E-state index contributed by atoms with van der Waals surface area (Å²) < 4.78 is 24.1. The van der Waals surface area contributed by atoms with Gasteiger partial charge in [-0.25, -0.2) is 13.1 Å². The second kappa shape index (κ2) is 4.04. The summed E-state index contributed by atoms with van der Waals surface area (Å²) in [5, 5.41) is 8.95. The monoisotopic (exact) mass is 181 g/mol. The summed E-state index contributed by atoms with van der Waals surface area (Å²) in [7, 11) is -3.17. The molecule has 0 radical (unpaired) electrons. The van der Waals surface area contributed by atoms with E-state index in [1.54, 1.807) is 20.8 Å². The molecule has 0 aromatic heterocycles. The van der Waals surface area contributed by atoms with E-state index in [-0.39, 0.29) is 5.75 Å². The van der Waals surface area contributed by atoms with Crippen molar-refractivity contribution in [3.63, 3.8) is 0 Å². The minimum Gasteiger partial charge on any atom is -0.392 e. The van der Waals surface area contributed by atoms with E-state index in [2.05, 4.69) is 4.72 Å². The van der Waals surface area contributed by atoms with Crippen LogP contribution in [0.25, 0.3) is 0 Å². The number of hydrogen-bond donors (Lipinski definition) is 2. The maximum atomic E-state index is 10.9. The highest BCUT2D eigenvalue weighted by atomic mass is 32.2. The van der Waals surface area contributed by atoms with Crippen LogP contribution in [0.4, 0.5) is 0 Å². The van der Waals surface area contributed by atoms with Crippen molar-refractivity contribution < 1.29 is 13.5 Å². The lowest BCUT2D eigenvalue weighted by Gasteiger charge is -2.15. The Morgan fingerprint density at radius 1 is 1.45 bits per heavy atom. The van der Waals surface area contributed by atoms with Gasteiger partial charge in [-0.15, -0.1) is 0 Å². The number of aliphatic hydroxyl groups excluding tert-OH is 1. The Balaban J connectivity index is 4.05. The Morgan fingerprint density at radius 2 is 1.91 bits per heavy atom. The molecule has 0 saturated carbocycles. The lowest BCUT2D eigenvalue weighted by Crippen LogP contribution is -2.40. The molecule has 0 aliphatic rings. The first-order valence-electron chi connectivity index (χ1n) is 3.57. The van der Waals surface area contributed by atoms with Crippen LogP contribution in [-0.2, 0) is 10.0 Å². The lowest BCUT2D eigenvalue weighted by atomic mass is 10.2. The van der Waals surface area contributed by atoms with Crippen molar-refractivity contribution in [1.29, 1.82) is 0 Å². The highest BCUT2D eigenvalue weighted by Gasteiger charge is 2.15. The van der Waals surface area contributed by atoms with Crippen LogP contribution in [0.15, 0.2) is 0 Å². The second-order valence-corrected chi connectivity index (χ2v) is 4.59. The Kier molecular flexibility index (Phi) is 3.99. The van der Waals surface area contributed by atoms with Gasteiger partial charge in [-0.05, 0) is 20.8 Å². The van der Waals surface area contributed by atoms with E-state index in [0.717, 1.165) is 0 Å². The minimum atomic E-state index is -3.17. The van der Waals surface area contributed by atoms with Gasteiger partial charge < -0.3 is 5.11 Å². The molecule has 4 nitrogen and oxygen atoms in total. The van der Waals surface area contributed by atoms with Gasteiger partial charge in [0.05, 0.1) is 11.9 Å². The largest absolute Gasteiger partial charge is 0.392 e. The van der Waals surface area contributed by atoms with Gasteiger partial charge >= 0.3 is 0 Å². The first kappa shape index (κ1) is 10.9. The smallest absolute Gasteiger partial charge is 0.211 e. The molecule has 0 spiro atoms. The van der Waals surface area contributed by atoms with Crippen molar-refractivity contribution in [3.05, 3.63) is 0 Å². The van der Waals surface area contributed by atoms with Crippen LogP contribution in [0.1, 0.15) is 20.8 Å². The Hall–Kier alpha value is -0.130. The summed E-state index contributed by atoms with van der Waals surface area (Å²) in [5.74, 6) is 0.0457. The van der Waals surface area contributed by atoms with Crippen molar-refractivity contribution in [1.82, 2.24) is 4.72 Å². The maximum absolute atomic E-state index is 10.9. The highest BCUT2D eigenvalue weighted by molar-refractivity contribution is 7.89. The van der Waals surface area contributed by atoms with Crippen LogP contribution in [0.2, 0.25) is 0 Å². The van der Waals surface area contributed by atoms with E-state index < -0.39 is 22.2 Å². The fourth-order valence-corrected chi connectivity index (χ4v) is 1.40. The van der Waals surface area contributed by atoms with E-state index in [9.17, 15) is 8.42 Å². The number of nitrogens with one attached hydrogen (secondary N) is 1. The predicted octanol–water partition coefficient (Wildman–Crippen LogP) is -0.305. The molecule has 2 unspecified atom stereocenters. The fourth-order valence-electron chi connectivity index (χ4n) is 0.465. The lowest BCUT2D eigenvalue weighted by molar-refractivity contribution is 0.163. The standard InChI is InChI=1S/C6H15NO3S/c1-4-11(9,10)7-5(2)6(3)8/h5-8H,4H2,1-3H3. The molecule has 68 valence electrons. The Morgan fingerprint density at radius 3 is 2.18 bits per heavy atom. The van der Waals surface area contributed by atoms with Gasteiger partial charge in [0, 0.05) is 6.04 Å². The number of hydrogen-bond acceptors (Lipinski definition) is 3. The molecule has 5 heteroatoms. The Labute approximate surface area is 67.7 Å². The highest BCUT2D eigenvalue weighted by Crippen LogP contribution is 1.93. The van der Waals surface area contributed by atoms with E-state index in [1.165, 1.54) is 0 Å². The van der Waals surface area contributed by atoms with Crippen LogP contribution in [0.5, 0.6) is 0 Å². The molecule has 0 bridgehead atoms. The molecule has 0 saturated heterocycles. The quantitative estimate of drug-likeness (QED) is 0.625. The fraction of sp³-hybridized carbons (Fsp3) is 1.00. The third kappa shape index (κ3) is 4.34. The molecule has 0 aromatic rings. The zero-order chi connectivity index (χ0) is 9.07. The van der Waals surface area contributed by atoms with Crippen molar-refractivity contribution in [2.75, 3.05) is 5.75 Å². The second-order valence-electron chi connectivity index (χ2n) is 2.55. The van der Waals surface area contributed by atoms with E-state index in [0.29, 0.717) is 0 Å². The molecule has 0 aliphatic heterocycles. The summed E-state index contributed by atoms with van der Waals surface area (Å²) in [4.78, 5) is 0. The first-order chi connectivity index (χ1) is 4.89. The zero-order valence-corrected chi connectivity index (χ0v) is 7.85. The van der Waals surface area contributed by atoms with Gasteiger partial charge in [-0.1, -0.05) is 0 Å². The molecular weight excluding hydrogens is 166 g/mol. The average Bonchev–Trinajstić information content (AvgIpc) is 1.87. The van der Waals surface area contributed by atoms with Crippen molar-refractivity contribution in [3.8, 4) is 0 Å². The van der Waals surface area contributed by atoms with Gasteiger partial charge in [-0.3, -0.25) is 0 Å². The van der Waals surface area contributed by atoms with Crippen LogP contribution < -0.4 is 4.72 Å². The third-order valence-electron chi connectivity index (χ3n) is 1.47. The zero-order valence-electron chi connectivity index (χ0n) is 7.03. The van der Waals surface area contributed by atoms with Crippen LogP contribution in [0.3, 0.4) is 0 Å². The third-order valence-corrected chi connectivity index (χ3v) is 2.96. The molecular formula is C6H15NO3S. The molecule has 0 aromatic carbocycles. The normalized spacial score (nSPS) is 17.8. The molecule has 2 atom stereocenters. The van der Waals surface area contributed by atoms with Crippen LogP contribution >= 0.6 is 0 Å². The molecule has 0 aliphatic carbocycles. The van der Waals surface area contributed by atoms with E-state index in [4.69, 9.17) is 5.11 Å². The number of aliphatic hydroxyl groups is 1. The first-order valence-corrected chi connectivity index (χ1v) is 5.22. The van der Waals surface area contributed by atoms with Crippen LogP contribution in [0, 0.1) is 0 Å². The molecule has 0 fully saturated rings. The predicted molar refractivity (Wildman–Crippen MR) is 43.7 cm³/mol. The van der Waals surface area contributed by atoms with Gasteiger partial charge in [0.1, 0.15) is 0 Å². The van der Waals surface area contributed by atoms with Crippen molar-refractivity contribution in [2.45, 2.75) is 32.9 Å². The van der Waals surface area contributed by atoms with Crippen LogP contribution in [-0.4, -0.2) is 31.4 Å². The molecule has 2 N–H and O–H groups in total. The van der Waals surface area contributed by atoms with Crippen molar-refractivity contribution in [2.24, 2.45) is 0 Å². The summed E-state index contributed by atoms with van der Waals surface area (Å²) >= 11 is 0. The topological polar surface area (TPSA) is 66.4 Å². The number of sulfonamides is 1. The summed E-state index contributed by atoms with van der Waals surface area (Å²) in [6, 6.07) is -0.417. The molecule has 0 heterocycles. The van der Waals surface area contributed by atoms with E-state index in [1.807, 2.05) is 0 Å². The Bertz CT molecular complexity index is 198. The van der Waals surface area contributed by atoms with Gasteiger partial charge in [-0.2, -0.15) is 0 Å². The minimum absolute atomic E-state index is 0.0457. The van der Waals surface area contributed by atoms with Crippen molar-refractivity contribution >= 4 is 10.0 Å². The molecule has 0 rings (SSSR count). The van der Waals surface area contributed by atoms with E-state index >= 15 is 0 Å². The molecule has 0 amide bonds. The van der Waals surface area contributed by atoms with Gasteiger partial charge in [0.25, 0.3) is 0 Å². The summed E-state index contributed by atoms with van der Waals surface area (Å²) in [6.45, 7) is 4.72. The summed E-state index contributed by atoms with van der Waals surface area (Å²) in [5.41, 5.74) is 0. The maximum Gasteiger partial charge on any atom is 0.211 e. The van der Waals surface area contributed by atoms with Gasteiger partial charge in [0.2, 0.25) is 10.0 Å².